The van der Waals surface area contributed by atoms with Gasteiger partial charge >= 0.3 is 0 Å². The van der Waals surface area contributed by atoms with Gasteiger partial charge in [0.1, 0.15) is 12.0 Å². The third-order valence-corrected chi connectivity index (χ3v) is 4.63. The Hall–Kier alpha value is -3.29. The molecule has 0 spiro atoms. The summed E-state index contributed by atoms with van der Waals surface area (Å²) < 4.78 is 10.3. The predicted octanol–water partition coefficient (Wildman–Crippen LogP) is 2.74. The monoisotopic (exact) mass is 385 g/mol. The Morgan fingerprint density at radius 1 is 1.21 bits per heavy atom. The van der Waals surface area contributed by atoms with E-state index >= 15 is 0 Å². The lowest BCUT2D eigenvalue weighted by Gasteiger charge is -2.32. The summed E-state index contributed by atoms with van der Waals surface area (Å²) in [5, 5.41) is 5.55. The van der Waals surface area contributed by atoms with E-state index in [4.69, 9.17) is 9.15 Å². The normalized spacial score (nSPS) is 16.4. The number of rotatable bonds is 5. The highest BCUT2D eigenvalue weighted by molar-refractivity contribution is 5.97. The largest absolute Gasteiger partial charge is 0.495 e. The van der Waals surface area contributed by atoms with E-state index in [1.54, 1.807) is 29.2 Å². The van der Waals surface area contributed by atoms with E-state index in [9.17, 15) is 14.4 Å². The number of methoxy groups -OCH3 is 1. The van der Waals surface area contributed by atoms with Crippen LogP contribution >= 0.6 is 0 Å². The number of ether oxygens (including phenoxy) is 1. The van der Waals surface area contributed by atoms with Gasteiger partial charge < -0.3 is 24.7 Å². The molecule has 1 saturated heterocycles. The van der Waals surface area contributed by atoms with Gasteiger partial charge in [0.2, 0.25) is 11.8 Å². The summed E-state index contributed by atoms with van der Waals surface area (Å²) >= 11 is 0. The number of piperidine rings is 1. The Morgan fingerprint density at radius 2 is 2.04 bits per heavy atom. The van der Waals surface area contributed by atoms with Crippen LogP contribution in [-0.4, -0.2) is 42.8 Å². The van der Waals surface area contributed by atoms with Crippen LogP contribution in [0.2, 0.25) is 0 Å². The van der Waals surface area contributed by atoms with E-state index in [0.29, 0.717) is 42.2 Å². The smallest absolute Gasteiger partial charge is 0.257 e. The molecule has 0 bridgehead atoms. The first-order valence-electron chi connectivity index (χ1n) is 9.06. The summed E-state index contributed by atoms with van der Waals surface area (Å²) in [6, 6.07) is 6.64. The lowest BCUT2D eigenvalue weighted by atomic mass is 9.96. The third-order valence-electron chi connectivity index (χ3n) is 4.63. The van der Waals surface area contributed by atoms with Crippen LogP contribution in [0.5, 0.6) is 5.75 Å². The Kier molecular flexibility index (Phi) is 5.98. The first-order valence-corrected chi connectivity index (χ1v) is 9.06. The molecule has 0 unspecified atom stereocenters. The Balaban J connectivity index is 1.70. The van der Waals surface area contributed by atoms with Crippen molar-refractivity contribution >= 4 is 29.1 Å². The molecule has 2 aromatic rings. The number of furan rings is 1. The van der Waals surface area contributed by atoms with Gasteiger partial charge in [0.25, 0.3) is 5.91 Å². The number of anilines is 2. The van der Waals surface area contributed by atoms with Gasteiger partial charge in [0, 0.05) is 25.7 Å². The maximum Gasteiger partial charge on any atom is 0.257 e. The highest BCUT2D eigenvalue weighted by atomic mass is 16.5. The lowest BCUT2D eigenvalue weighted by molar-refractivity contribution is -0.121. The fourth-order valence-electron chi connectivity index (χ4n) is 3.27. The summed E-state index contributed by atoms with van der Waals surface area (Å²) in [7, 11) is 1.51. The van der Waals surface area contributed by atoms with Crippen LogP contribution < -0.4 is 15.4 Å². The first kappa shape index (κ1) is 19.5. The molecule has 1 aromatic carbocycles. The number of hydrogen-bond donors (Lipinski definition) is 2. The van der Waals surface area contributed by atoms with Crippen molar-refractivity contribution in [3.8, 4) is 5.75 Å². The molecule has 1 aliphatic rings. The van der Waals surface area contributed by atoms with E-state index in [0.717, 1.165) is 6.42 Å². The SMILES string of the molecule is COc1ccc(NC(C)=O)cc1NC(=O)[C@H]1CCCN(C(=O)c2ccoc2)C1. The molecule has 8 nitrogen and oxygen atoms in total. The lowest BCUT2D eigenvalue weighted by Crippen LogP contribution is -2.43. The van der Waals surface area contributed by atoms with Gasteiger partial charge in [0.05, 0.1) is 30.5 Å². The highest BCUT2D eigenvalue weighted by Gasteiger charge is 2.29. The van der Waals surface area contributed by atoms with Crippen LogP contribution in [0.4, 0.5) is 11.4 Å². The second-order valence-electron chi connectivity index (χ2n) is 6.69. The Morgan fingerprint density at radius 3 is 2.71 bits per heavy atom. The van der Waals surface area contributed by atoms with Gasteiger partial charge in [-0.2, -0.15) is 0 Å². The highest BCUT2D eigenvalue weighted by Crippen LogP contribution is 2.29. The Labute approximate surface area is 162 Å². The van der Waals surface area contributed by atoms with Crippen LogP contribution in [0, 0.1) is 5.92 Å². The molecule has 8 heteroatoms. The molecule has 0 radical (unpaired) electrons. The van der Waals surface area contributed by atoms with Crippen LogP contribution in [0.3, 0.4) is 0 Å². The number of likely N-dealkylation sites (tertiary alicyclic amines) is 1. The van der Waals surface area contributed by atoms with Crippen molar-refractivity contribution in [3.63, 3.8) is 0 Å². The average Bonchev–Trinajstić information content (AvgIpc) is 3.22. The van der Waals surface area contributed by atoms with Gasteiger partial charge in [-0.1, -0.05) is 0 Å². The molecular formula is C20H23N3O5. The molecule has 2 heterocycles. The van der Waals surface area contributed by atoms with Gasteiger partial charge in [-0.3, -0.25) is 14.4 Å². The summed E-state index contributed by atoms with van der Waals surface area (Å²) in [6.07, 6.45) is 4.29. The average molecular weight is 385 g/mol. The minimum atomic E-state index is -0.335. The van der Waals surface area contributed by atoms with E-state index in [1.807, 2.05) is 0 Å². The standard InChI is InChI=1S/C20H23N3O5/c1-13(24)21-16-5-6-18(27-2)17(10-16)22-19(25)14-4-3-8-23(11-14)20(26)15-7-9-28-12-15/h5-7,9-10,12,14H,3-4,8,11H2,1-2H3,(H,21,24)(H,22,25)/t14-/m0/s1. The van der Waals surface area contributed by atoms with E-state index in [-0.39, 0.29) is 23.6 Å². The number of carbonyl (C=O) groups is 3. The Bertz CT molecular complexity index is 863. The van der Waals surface area contributed by atoms with Gasteiger partial charge in [0.15, 0.2) is 0 Å². The molecule has 1 aliphatic heterocycles. The number of benzene rings is 1. The van der Waals surface area contributed by atoms with E-state index < -0.39 is 0 Å². The zero-order valence-corrected chi connectivity index (χ0v) is 15.9. The van der Waals surface area contributed by atoms with Crippen molar-refractivity contribution in [2.45, 2.75) is 19.8 Å². The molecule has 1 fully saturated rings. The number of amides is 3. The third kappa shape index (κ3) is 4.51. The fraction of sp³-hybridized carbons (Fsp3) is 0.350. The molecule has 1 aromatic heterocycles. The number of hydrogen-bond acceptors (Lipinski definition) is 5. The minimum Gasteiger partial charge on any atom is -0.495 e. The second-order valence-corrected chi connectivity index (χ2v) is 6.69. The maximum absolute atomic E-state index is 12.8. The quantitative estimate of drug-likeness (QED) is 0.824. The fourth-order valence-corrected chi connectivity index (χ4v) is 3.27. The molecule has 148 valence electrons. The van der Waals surface area contributed by atoms with Crippen molar-refractivity contribution in [1.29, 1.82) is 0 Å². The second kappa shape index (κ2) is 8.60. The zero-order valence-electron chi connectivity index (χ0n) is 15.9. The van der Waals surface area contributed by atoms with Crippen LogP contribution in [0.25, 0.3) is 0 Å². The first-order chi connectivity index (χ1) is 13.5. The maximum atomic E-state index is 12.8. The molecule has 3 rings (SSSR count). The van der Waals surface area contributed by atoms with Crippen LogP contribution in [-0.2, 0) is 9.59 Å². The van der Waals surface area contributed by atoms with Crippen LogP contribution in [0.1, 0.15) is 30.1 Å². The molecular weight excluding hydrogens is 362 g/mol. The van der Waals surface area contributed by atoms with Crippen molar-refractivity contribution in [3.05, 3.63) is 42.4 Å². The number of nitrogens with one attached hydrogen (secondary N) is 2. The molecule has 28 heavy (non-hydrogen) atoms. The molecule has 2 N–H and O–H groups in total. The van der Waals surface area contributed by atoms with Crippen LogP contribution in [0.15, 0.2) is 41.2 Å². The zero-order chi connectivity index (χ0) is 20.1. The van der Waals surface area contributed by atoms with Gasteiger partial charge in [-0.15, -0.1) is 0 Å². The summed E-state index contributed by atoms with van der Waals surface area (Å²) in [6.45, 7) is 2.36. The summed E-state index contributed by atoms with van der Waals surface area (Å²) in [5.74, 6) is -0.383. The summed E-state index contributed by atoms with van der Waals surface area (Å²) in [4.78, 5) is 38.3. The van der Waals surface area contributed by atoms with Crippen molar-refractivity contribution in [2.75, 3.05) is 30.8 Å². The molecule has 1 atom stereocenters. The van der Waals surface area contributed by atoms with E-state index in [2.05, 4.69) is 10.6 Å². The topological polar surface area (TPSA) is 101 Å². The van der Waals surface area contributed by atoms with Gasteiger partial charge in [-0.05, 0) is 37.1 Å². The van der Waals surface area contributed by atoms with Crippen molar-refractivity contribution in [2.24, 2.45) is 5.92 Å². The molecule has 0 saturated carbocycles. The van der Waals surface area contributed by atoms with Gasteiger partial charge in [-0.25, -0.2) is 0 Å². The van der Waals surface area contributed by atoms with Crippen molar-refractivity contribution in [1.82, 2.24) is 4.90 Å². The number of carbonyl (C=O) groups excluding carboxylic acids is 3. The predicted molar refractivity (Wildman–Crippen MR) is 103 cm³/mol. The number of nitrogens with zero attached hydrogens (tertiary/aromatic N) is 1. The minimum absolute atomic E-state index is 0.142. The van der Waals surface area contributed by atoms with E-state index in [1.165, 1.54) is 26.6 Å². The van der Waals surface area contributed by atoms with Crippen molar-refractivity contribution < 1.29 is 23.5 Å². The molecule has 3 amide bonds. The molecule has 0 aliphatic carbocycles. The summed E-state index contributed by atoms with van der Waals surface area (Å²) in [5.41, 5.74) is 1.51.